The first-order valence-electron chi connectivity index (χ1n) is 9.51. The van der Waals surface area contributed by atoms with Gasteiger partial charge in [-0.15, -0.1) is 5.10 Å². The zero-order valence-electron chi connectivity index (χ0n) is 16.5. The Morgan fingerprint density at radius 2 is 2.03 bits per heavy atom. The van der Waals surface area contributed by atoms with E-state index in [-0.39, 0.29) is 24.0 Å². The molecule has 0 bridgehead atoms. The van der Waals surface area contributed by atoms with Gasteiger partial charge in [-0.3, -0.25) is 19.7 Å². The SMILES string of the molecule is Cc1nnsc1C(=O)Nc1n[nH]c2cc(CC(=O)C[C@H](C)c3ccccc3)ncc12. The first-order valence-corrected chi connectivity index (χ1v) is 10.3. The van der Waals surface area contributed by atoms with E-state index in [0.29, 0.717) is 39.4 Å². The van der Waals surface area contributed by atoms with Crippen LogP contribution in [-0.4, -0.2) is 36.5 Å². The van der Waals surface area contributed by atoms with E-state index in [2.05, 4.69) is 30.1 Å². The molecule has 0 unspecified atom stereocenters. The van der Waals surface area contributed by atoms with Crippen LogP contribution >= 0.6 is 11.5 Å². The molecule has 1 amide bonds. The number of rotatable bonds is 7. The number of benzene rings is 1. The number of hydrogen-bond donors (Lipinski definition) is 2. The first-order chi connectivity index (χ1) is 14.5. The van der Waals surface area contributed by atoms with Crippen LogP contribution in [0.15, 0.2) is 42.6 Å². The Morgan fingerprint density at radius 1 is 1.23 bits per heavy atom. The average molecular weight is 420 g/mol. The smallest absolute Gasteiger partial charge is 0.270 e. The minimum Gasteiger partial charge on any atom is -0.304 e. The number of anilines is 1. The third-order valence-corrected chi connectivity index (χ3v) is 5.70. The number of aromatic nitrogens is 5. The Morgan fingerprint density at radius 3 is 2.77 bits per heavy atom. The largest absolute Gasteiger partial charge is 0.304 e. The maximum atomic E-state index is 12.5. The highest BCUT2D eigenvalue weighted by Crippen LogP contribution is 2.23. The second-order valence-corrected chi connectivity index (χ2v) is 7.92. The van der Waals surface area contributed by atoms with E-state index >= 15 is 0 Å². The van der Waals surface area contributed by atoms with Crippen molar-refractivity contribution in [3.63, 3.8) is 0 Å². The number of nitrogens with one attached hydrogen (secondary N) is 2. The zero-order valence-corrected chi connectivity index (χ0v) is 17.4. The number of Topliss-reactive ketones (excluding diaryl/α,β-unsaturated/α-hetero) is 1. The van der Waals surface area contributed by atoms with Crippen molar-refractivity contribution in [2.75, 3.05) is 5.32 Å². The summed E-state index contributed by atoms with van der Waals surface area (Å²) in [5.74, 6) is 0.344. The summed E-state index contributed by atoms with van der Waals surface area (Å²) in [5, 5.41) is 14.3. The van der Waals surface area contributed by atoms with E-state index in [1.807, 2.05) is 37.3 Å². The number of carbonyl (C=O) groups excluding carboxylic acids is 2. The third kappa shape index (κ3) is 4.25. The molecule has 152 valence electrons. The molecular formula is C21H20N6O2S. The summed E-state index contributed by atoms with van der Waals surface area (Å²) in [6.07, 6.45) is 2.32. The highest BCUT2D eigenvalue weighted by atomic mass is 32.1. The average Bonchev–Trinajstić information content (AvgIpc) is 3.34. The van der Waals surface area contributed by atoms with E-state index in [1.54, 1.807) is 19.2 Å². The van der Waals surface area contributed by atoms with Gasteiger partial charge in [0.2, 0.25) is 0 Å². The quantitative estimate of drug-likeness (QED) is 0.471. The van der Waals surface area contributed by atoms with E-state index in [0.717, 1.165) is 17.1 Å². The molecule has 0 fully saturated rings. The molecule has 1 atom stereocenters. The van der Waals surface area contributed by atoms with Gasteiger partial charge in [-0.05, 0) is 36.0 Å². The number of ketones is 1. The number of aryl methyl sites for hydroxylation is 1. The molecule has 8 nitrogen and oxygen atoms in total. The molecule has 4 rings (SSSR count). The summed E-state index contributed by atoms with van der Waals surface area (Å²) < 4.78 is 3.77. The third-order valence-electron chi connectivity index (χ3n) is 4.87. The Hall–Kier alpha value is -3.46. The Bertz CT molecular complexity index is 1200. The monoisotopic (exact) mass is 420 g/mol. The van der Waals surface area contributed by atoms with Gasteiger partial charge in [0.15, 0.2) is 5.82 Å². The van der Waals surface area contributed by atoms with Crippen LogP contribution < -0.4 is 5.32 Å². The minimum absolute atomic E-state index is 0.124. The van der Waals surface area contributed by atoms with Gasteiger partial charge in [-0.1, -0.05) is 41.7 Å². The molecule has 30 heavy (non-hydrogen) atoms. The predicted octanol–water partition coefficient (Wildman–Crippen LogP) is 3.68. The van der Waals surface area contributed by atoms with Crippen LogP contribution in [0.25, 0.3) is 10.9 Å². The van der Waals surface area contributed by atoms with Crippen LogP contribution in [0.4, 0.5) is 5.82 Å². The first kappa shape index (κ1) is 19.8. The van der Waals surface area contributed by atoms with Gasteiger partial charge < -0.3 is 5.32 Å². The molecule has 0 saturated heterocycles. The number of aromatic amines is 1. The molecule has 0 radical (unpaired) electrons. The van der Waals surface area contributed by atoms with Crippen LogP contribution in [0, 0.1) is 6.92 Å². The van der Waals surface area contributed by atoms with Crippen molar-refractivity contribution in [3.05, 3.63) is 64.4 Å². The lowest BCUT2D eigenvalue weighted by molar-refractivity contribution is -0.118. The maximum Gasteiger partial charge on any atom is 0.270 e. The highest BCUT2D eigenvalue weighted by Gasteiger charge is 2.17. The van der Waals surface area contributed by atoms with Crippen LogP contribution in [0.3, 0.4) is 0 Å². The predicted molar refractivity (Wildman–Crippen MR) is 115 cm³/mol. The standard InChI is InChI=1S/C21H20N6O2S/c1-12(14-6-4-3-5-7-14)8-16(28)9-15-10-18-17(11-22-15)20(26-25-18)23-21(29)19-13(2)24-27-30-19/h3-7,10-12H,8-9H2,1-2H3,(H2,23,25,26,29)/t12-/m0/s1. The highest BCUT2D eigenvalue weighted by molar-refractivity contribution is 7.08. The molecule has 4 aromatic rings. The van der Waals surface area contributed by atoms with Crippen molar-refractivity contribution >= 4 is 39.9 Å². The number of fused-ring (bicyclic) bond motifs is 1. The van der Waals surface area contributed by atoms with Crippen molar-refractivity contribution in [1.82, 2.24) is 24.8 Å². The molecule has 9 heteroatoms. The van der Waals surface area contributed by atoms with Crippen LogP contribution in [-0.2, 0) is 11.2 Å². The fourth-order valence-electron chi connectivity index (χ4n) is 3.27. The Labute approximate surface area is 176 Å². The fraction of sp³-hybridized carbons (Fsp3) is 0.238. The topological polar surface area (TPSA) is 114 Å². The molecule has 1 aromatic carbocycles. The van der Waals surface area contributed by atoms with Crippen molar-refractivity contribution < 1.29 is 9.59 Å². The van der Waals surface area contributed by atoms with Crippen molar-refractivity contribution in [1.29, 1.82) is 0 Å². The summed E-state index contributed by atoms with van der Waals surface area (Å²) in [4.78, 5) is 29.7. The molecule has 0 aliphatic carbocycles. The number of amides is 1. The van der Waals surface area contributed by atoms with Crippen LogP contribution in [0.5, 0.6) is 0 Å². The minimum atomic E-state index is -0.315. The molecule has 3 aromatic heterocycles. The van der Waals surface area contributed by atoms with Crippen LogP contribution in [0.2, 0.25) is 0 Å². The normalized spacial score (nSPS) is 12.1. The van der Waals surface area contributed by atoms with E-state index in [4.69, 9.17) is 0 Å². The van der Waals surface area contributed by atoms with Gasteiger partial charge in [0.25, 0.3) is 5.91 Å². The van der Waals surface area contributed by atoms with Gasteiger partial charge in [0.05, 0.1) is 16.6 Å². The number of H-pyrrole nitrogens is 1. The number of hydrogen-bond acceptors (Lipinski definition) is 7. The van der Waals surface area contributed by atoms with Crippen molar-refractivity contribution in [2.45, 2.75) is 32.6 Å². The molecule has 0 saturated carbocycles. The molecule has 0 aliphatic heterocycles. The molecule has 3 heterocycles. The lowest BCUT2D eigenvalue weighted by atomic mass is 9.94. The van der Waals surface area contributed by atoms with E-state index in [9.17, 15) is 9.59 Å². The summed E-state index contributed by atoms with van der Waals surface area (Å²) in [7, 11) is 0. The summed E-state index contributed by atoms with van der Waals surface area (Å²) in [5.41, 5.74) is 3.09. The van der Waals surface area contributed by atoms with E-state index < -0.39 is 0 Å². The molecule has 0 aliphatic rings. The van der Waals surface area contributed by atoms with Gasteiger partial charge in [0, 0.05) is 24.7 Å². The zero-order chi connectivity index (χ0) is 21.1. The second-order valence-electron chi connectivity index (χ2n) is 7.17. The fourth-order valence-corrected chi connectivity index (χ4v) is 3.82. The Balaban J connectivity index is 1.43. The molecule has 0 spiro atoms. The number of pyridine rings is 1. The second kappa shape index (κ2) is 8.50. The van der Waals surface area contributed by atoms with E-state index in [1.165, 1.54) is 0 Å². The van der Waals surface area contributed by atoms with Gasteiger partial charge >= 0.3 is 0 Å². The number of nitrogens with zero attached hydrogens (tertiary/aromatic N) is 4. The number of carbonyl (C=O) groups is 2. The maximum absolute atomic E-state index is 12.5. The summed E-state index contributed by atoms with van der Waals surface area (Å²) in [6, 6.07) is 11.8. The lowest BCUT2D eigenvalue weighted by Gasteiger charge is -2.10. The van der Waals surface area contributed by atoms with Crippen LogP contribution in [0.1, 0.15) is 45.9 Å². The van der Waals surface area contributed by atoms with Crippen molar-refractivity contribution in [2.24, 2.45) is 0 Å². The Kier molecular flexibility index (Phi) is 5.62. The summed E-state index contributed by atoms with van der Waals surface area (Å²) in [6.45, 7) is 3.78. The van der Waals surface area contributed by atoms with Gasteiger partial charge in [-0.25, -0.2) is 0 Å². The van der Waals surface area contributed by atoms with Crippen molar-refractivity contribution in [3.8, 4) is 0 Å². The molecule has 2 N–H and O–H groups in total. The lowest BCUT2D eigenvalue weighted by Crippen LogP contribution is -2.12. The van der Waals surface area contributed by atoms with Gasteiger partial charge in [-0.2, -0.15) is 5.10 Å². The molecular weight excluding hydrogens is 400 g/mol. The summed E-state index contributed by atoms with van der Waals surface area (Å²) >= 11 is 1.03. The van der Waals surface area contributed by atoms with Gasteiger partial charge in [0.1, 0.15) is 10.7 Å².